The number of halogens is 1. The molecule has 0 aliphatic heterocycles. The highest BCUT2D eigenvalue weighted by Crippen LogP contribution is 2.28. The van der Waals surface area contributed by atoms with E-state index in [0.717, 1.165) is 0 Å². The first-order valence-electron chi connectivity index (χ1n) is 3.84. The zero-order valence-electron chi connectivity index (χ0n) is 6.70. The van der Waals surface area contributed by atoms with Crippen LogP contribution in [-0.4, -0.2) is 11.7 Å². The van der Waals surface area contributed by atoms with Gasteiger partial charge >= 0.3 is 0 Å². The first-order chi connectivity index (χ1) is 5.67. The standard InChI is InChI=1S/C9H12ClNO/c10-9(12,6-7-11)8-4-2-1-3-5-8/h1-5,12H,6-7,11H2. The summed E-state index contributed by atoms with van der Waals surface area (Å²) in [6.07, 6.45) is 0.360. The van der Waals surface area contributed by atoms with E-state index >= 15 is 0 Å². The van der Waals surface area contributed by atoms with Crippen molar-refractivity contribution in [3.63, 3.8) is 0 Å². The average molecular weight is 186 g/mol. The molecular formula is C9H12ClNO. The number of benzene rings is 1. The predicted molar refractivity (Wildman–Crippen MR) is 49.9 cm³/mol. The summed E-state index contributed by atoms with van der Waals surface area (Å²) in [5.74, 6) is 0. The van der Waals surface area contributed by atoms with Crippen molar-refractivity contribution in [1.29, 1.82) is 0 Å². The molecule has 66 valence electrons. The molecule has 1 rings (SSSR count). The maximum absolute atomic E-state index is 9.67. The normalized spacial score (nSPS) is 15.6. The lowest BCUT2D eigenvalue weighted by atomic mass is 10.1. The Kier molecular flexibility index (Phi) is 3.09. The molecular weight excluding hydrogens is 174 g/mol. The van der Waals surface area contributed by atoms with Crippen LogP contribution in [0.5, 0.6) is 0 Å². The molecule has 0 spiro atoms. The Balaban J connectivity index is 2.82. The van der Waals surface area contributed by atoms with E-state index < -0.39 is 5.06 Å². The second kappa shape index (κ2) is 3.90. The molecule has 3 heteroatoms. The van der Waals surface area contributed by atoms with Crippen LogP contribution in [0.3, 0.4) is 0 Å². The van der Waals surface area contributed by atoms with Crippen LogP contribution < -0.4 is 5.73 Å². The summed E-state index contributed by atoms with van der Waals surface area (Å²) in [4.78, 5) is 0. The molecule has 0 bridgehead atoms. The third-order valence-electron chi connectivity index (χ3n) is 1.69. The van der Waals surface area contributed by atoms with Gasteiger partial charge in [0.15, 0.2) is 5.06 Å². The van der Waals surface area contributed by atoms with Crippen molar-refractivity contribution < 1.29 is 5.11 Å². The van der Waals surface area contributed by atoms with E-state index in [1.165, 1.54) is 0 Å². The number of hydrogen-bond donors (Lipinski definition) is 2. The SMILES string of the molecule is NCCC(O)(Cl)c1ccccc1. The van der Waals surface area contributed by atoms with Crippen LogP contribution in [-0.2, 0) is 5.06 Å². The van der Waals surface area contributed by atoms with Gasteiger partial charge in [-0.3, -0.25) is 0 Å². The van der Waals surface area contributed by atoms with Gasteiger partial charge < -0.3 is 10.8 Å². The fraction of sp³-hybridized carbons (Fsp3) is 0.333. The summed E-state index contributed by atoms with van der Waals surface area (Å²) in [5.41, 5.74) is 6.00. The third-order valence-corrected chi connectivity index (χ3v) is 2.10. The van der Waals surface area contributed by atoms with Gasteiger partial charge in [0, 0.05) is 6.42 Å². The molecule has 0 heterocycles. The molecule has 1 atom stereocenters. The van der Waals surface area contributed by atoms with Crippen molar-refractivity contribution in [3.8, 4) is 0 Å². The van der Waals surface area contributed by atoms with E-state index in [0.29, 0.717) is 18.5 Å². The largest absolute Gasteiger partial charge is 0.371 e. The predicted octanol–water partition coefficient (Wildman–Crippen LogP) is 1.42. The minimum atomic E-state index is -1.31. The highest BCUT2D eigenvalue weighted by atomic mass is 35.5. The Labute approximate surface area is 77.0 Å². The summed E-state index contributed by atoms with van der Waals surface area (Å²) in [5, 5.41) is 8.36. The zero-order valence-corrected chi connectivity index (χ0v) is 7.46. The minimum absolute atomic E-state index is 0.360. The molecule has 0 radical (unpaired) electrons. The smallest absolute Gasteiger partial charge is 0.165 e. The fourth-order valence-electron chi connectivity index (χ4n) is 1.03. The maximum atomic E-state index is 9.67. The van der Waals surface area contributed by atoms with Gasteiger partial charge in [0.25, 0.3) is 0 Å². The first kappa shape index (κ1) is 9.52. The van der Waals surface area contributed by atoms with Gasteiger partial charge in [-0.15, -0.1) is 0 Å². The highest BCUT2D eigenvalue weighted by Gasteiger charge is 2.24. The number of rotatable bonds is 3. The number of aliphatic hydroxyl groups is 1. The monoisotopic (exact) mass is 185 g/mol. The number of alkyl halides is 1. The van der Waals surface area contributed by atoms with Crippen molar-refractivity contribution in [2.24, 2.45) is 5.73 Å². The molecule has 1 aromatic carbocycles. The van der Waals surface area contributed by atoms with Gasteiger partial charge in [-0.05, 0) is 12.1 Å². The average Bonchev–Trinajstić information content (AvgIpc) is 2.06. The summed E-state index contributed by atoms with van der Waals surface area (Å²) < 4.78 is 0. The minimum Gasteiger partial charge on any atom is -0.371 e. The van der Waals surface area contributed by atoms with Gasteiger partial charge in [0.05, 0.1) is 0 Å². The van der Waals surface area contributed by atoms with Crippen molar-refractivity contribution in [2.75, 3.05) is 6.54 Å². The number of nitrogens with two attached hydrogens (primary N) is 1. The molecule has 12 heavy (non-hydrogen) atoms. The summed E-state index contributed by atoms with van der Waals surface area (Å²) >= 11 is 5.84. The lowest BCUT2D eigenvalue weighted by molar-refractivity contribution is 0.121. The van der Waals surface area contributed by atoms with E-state index in [1.54, 1.807) is 12.1 Å². The number of hydrogen-bond acceptors (Lipinski definition) is 2. The molecule has 1 aromatic rings. The Morgan fingerprint density at radius 2 is 1.92 bits per heavy atom. The quantitative estimate of drug-likeness (QED) is 0.700. The van der Waals surface area contributed by atoms with Crippen molar-refractivity contribution >= 4 is 11.6 Å². The Hall–Kier alpha value is -0.570. The van der Waals surface area contributed by atoms with E-state index in [9.17, 15) is 5.11 Å². The van der Waals surface area contributed by atoms with Crippen LogP contribution in [0.25, 0.3) is 0 Å². The van der Waals surface area contributed by atoms with Crippen LogP contribution in [0.15, 0.2) is 30.3 Å². The fourth-order valence-corrected chi connectivity index (χ4v) is 1.26. The van der Waals surface area contributed by atoms with Gasteiger partial charge in [0.1, 0.15) is 0 Å². The Bertz CT molecular complexity index is 236. The zero-order chi connectivity index (χ0) is 9.03. The Morgan fingerprint density at radius 3 is 2.42 bits per heavy atom. The second-order valence-electron chi connectivity index (χ2n) is 2.66. The van der Waals surface area contributed by atoms with Crippen molar-refractivity contribution in [3.05, 3.63) is 35.9 Å². The summed E-state index contributed by atoms with van der Waals surface area (Å²) in [6, 6.07) is 9.10. The second-order valence-corrected chi connectivity index (χ2v) is 3.29. The van der Waals surface area contributed by atoms with E-state index in [1.807, 2.05) is 18.2 Å². The molecule has 0 amide bonds. The van der Waals surface area contributed by atoms with Crippen LogP contribution in [0.2, 0.25) is 0 Å². The third kappa shape index (κ3) is 2.21. The molecule has 3 N–H and O–H groups in total. The van der Waals surface area contributed by atoms with Gasteiger partial charge in [-0.2, -0.15) is 0 Å². The van der Waals surface area contributed by atoms with E-state index in [4.69, 9.17) is 17.3 Å². The lowest BCUT2D eigenvalue weighted by Crippen LogP contribution is -2.21. The van der Waals surface area contributed by atoms with Crippen LogP contribution in [0, 0.1) is 0 Å². The van der Waals surface area contributed by atoms with Crippen molar-refractivity contribution in [2.45, 2.75) is 11.5 Å². The molecule has 2 nitrogen and oxygen atoms in total. The first-order valence-corrected chi connectivity index (χ1v) is 4.21. The molecule has 0 fully saturated rings. The van der Waals surface area contributed by atoms with E-state index in [-0.39, 0.29) is 0 Å². The van der Waals surface area contributed by atoms with Crippen molar-refractivity contribution in [1.82, 2.24) is 0 Å². The highest BCUT2D eigenvalue weighted by molar-refractivity contribution is 6.22. The summed E-state index contributed by atoms with van der Waals surface area (Å²) in [6.45, 7) is 0.370. The van der Waals surface area contributed by atoms with E-state index in [2.05, 4.69) is 0 Å². The summed E-state index contributed by atoms with van der Waals surface area (Å²) in [7, 11) is 0. The van der Waals surface area contributed by atoms with Crippen LogP contribution in [0.1, 0.15) is 12.0 Å². The molecule has 0 aliphatic carbocycles. The maximum Gasteiger partial charge on any atom is 0.165 e. The van der Waals surface area contributed by atoms with Crippen LogP contribution in [0.4, 0.5) is 0 Å². The lowest BCUT2D eigenvalue weighted by Gasteiger charge is -2.19. The van der Waals surface area contributed by atoms with Gasteiger partial charge in [0.2, 0.25) is 0 Å². The molecule has 0 aliphatic rings. The van der Waals surface area contributed by atoms with Crippen LogP contribution >= 0.6 is 11.6 Å². The molecule has 0 saturated carbocycles. The van der Waals surface area contributed by atoms with Gasteiger partial charge in [-0.25, -0.2) is 0 Å². The Morgan fingerprint density at radius 1 is 1.33 bits per heavy atom. The molecule has 0 saturated heterocycles. The molecule has 1 unspecified atom stereocenters. The topological polar surface area (TPSA) is 46.2 Å². The molecule has 0 aromatic heterocycles. The van der Waals surface area contributed by atoms with Gasteiger partial charge in [-0.1, -0.05) is 41.9 Å².